The van der Waals surface area contributed by atoms with Crippen LogP contribution in [0.25, 0.3) is 10.9 Å². The van der Waals surface area contributed by atoms with Crippen LogP contribution < -0.4 is 5.43 Å². The molecule has 23 heavy (non-hydrogen) atoms. The van der Waals surface area contributed by atoms with Gasteiger partial charge in [0.15, 0.2) is 5.43 Å². The molecule has 1 fully saturated rings. The fourth-order valence-corrected chi connectivity index (χ4v) is 3.29. The summed E-state index contributed by atoms with van der Waals surface area (Å²) in [5.74, 6) is 0.133. The SMILES string of the molecule is Cc1cc(C)c2[nH]c(CN3CCOC[C@@H](CO)C3)cc(=O)c2c1. The second-order valence-corrected chi connectivity index (χ2v) is 6.52. The first-order chi connectivity index (χ1) is 11.1. The molecule has 2 N–H and O–H groups in total. The number of aromatic amines is 1. The van der Waals surface area contributed by atoms with E-state index < -0.39 is 0 Å². The number of fused-ring (bicyclic) bond motifs is 1. The van der Waals surface area contributed by atoms with Crippen LogP contribution in [0, 0.1) is 19.8 Å². The van der Waals surface area contributed by atoms with Crippen LogP contribution in [0.5, 0.6) is 0 Å². The lowest BCUT2D eigenvalue weighted by Gasteiger charge is -2.22. The van der Waals surface area contributed by atoms with Gasteiger partial charge in [0.05, 0.1) is 18.7 Å². The van der Waals surface area contributed by atoms with Crippen molar-refractivity contribution in [3.05, 3.63) is 45.2 Å². The summed E-state index contributed by atoms with van der Waals surface area (Å²) < 4.78 is 5.52. The van der Waals surface area contributed by atoms with E-state index in [0.717, 1.165) is 40.8 Å². The van der Waals surface area contributed by atoms with E-state index >= 15 is 0 Å². The minimum atomic E-state index is 0.0605. The summed E-state index contributed by atoms with van der Waals surface area (Å²) in [5, 5.41) is 10.1. The Morgan fingerprint density at radius 1 is 1.35 bits per heavy atom. The molecule has 1 aliphatic heterocycles. The van der Waals surface area contributed by atoms with E-state index in [2.05, 4.69) is 16.0 Å². The predicted molar refractivity (Wildman–Crippen MR) is 90.7 cm³/mol. The van der Waals surface area contributed by atoms with Crippen LogP contribution in [0.1, 0.15) is 16.8 Å². The van der Waals surface area contributed by atoms with Gasteiger partial charge in [0.2, 0.25) is 0 Å². The number of aryl methyl sites for hydroxylation is 2. The molecule has 3 rings (SSSR count). The highest BCUT2D eigenvalue weighted by Crippen LogP contribution is 2.17. The van der Waals surface area contributed by atoms with Crippen molar-refractivity contribution in [1.29, 1.82) is 0 Å². The van der Waals surface area contributed by atoms with E-state index in [-0.39, 0.29) is 18.0 Å². The van der Waals surface area contributed by atoms with E-state index in [4.69, 9.17) is 4.74 Å². The van der Waals surface area contributed by atoms with Crippen molar-refractivity contribution in [1.82, 2.24) is 9.88 Å². The number of hydrogen-bond donors (Lipinski definition) is 2. The molecule has 5 heteroatoms. The van der Waals surface area contributed by atoms with Gasteiger partial charge in [-0.25, -0.2) is 0 Å². The topological polar surface area (TPSA) is 65.6 Å². The molecular weight excluding hydrogens is 292 g/mol. The van der Waals surface area contributed by atoms with Crippen LogP contribution in [0.3, 0.4) is 0 Å². The van der Waals surface area contributed by atoms with Crippen LogP contribution in [0.4, 0.5) is 0 Å². The van der Waals surface area contributed by atoms with Crippen LogP contribution in [-0.2, 0) is 11.3 Å². The molecule has 0 amide bonds. The maximum Gasteiger partial charge on any atom is 0.189 e. The summed E-state index contributed by atoms with van der Waals surface area (Å²) in [6.07, 6.45) is 0. The monoisotopic (exact) mass is 316 g/mol. The second kappa shape index (κ2) is 6.83. The first kappa shape index (κ1) is 16.2. The fraction of sp³-hybridized carbons (Fsp3) is 0.500. The Morgan fingerprint density at radius 3 is 2.96 bits per heavy atom. The number of pyridine rings is 1. The van der Waals surface area contributed by atoms with Crippen molar-refractivity contribution in [2.45, 2.75) is 20.4 Å². The van der Waals surface area contributed by atoms with Crippen molar-refractivity contribution in [3.63, 3.8) is 0 Å². The number of aromatic nitrogens is 1. The normalized spacial score (nSPS) is 19.9. The van der Waals surface area contributed by atoms with Crippen LogP contribution in [0.2, 0.25) is 0 Å². The quantitative estimate of drug-likeness (QED) is 0.902. The third kappa shape index (κ3) is 3.63. The van der Waals surface area contributed by atoms with E-state index in [1.807, 2.05) is 19.9 Å². The van der Waals surface area contributed by atoms with Gasteiger partial charge in [-0.2, -0.15) is 0 Å². The lowest BCUT2D eigenvalue weighted by molar-refractivity contribution is 0.0958. The second-order valence-electron chi connectivity index (χ2n) is 6.52. The Kier molecular flexibility index (Phi) is 4.80. The van der Waals surface area contributed by atoms with E-state index in [0.29, 0.717) is 19.8 Å². The lowest BCUT2D eigenvalue weighted by Crippen LogP contribution is -2.31. The summed E-state index contributed by atoms with van der Waals surface area (Å²) in [6, 6.07) is 5.72. The average molecular weight is 316 g/mol. The number of aliphatic hydroxyl groups is 1. The summed E-state index contributed by atoms with van der Waals surface area (Å²) in [6.45, 7) is 7.67. The molecule has 0 radical (unpaired) electrons. The number of rotatable bonds is 3. The molecule has 0 spiro atoms. The zero-order chi connectivity index (χ0) is 16.4. The Morgan fingerprint density at radius 2 is 2.17 bits per heavy atom. The molecule has 1 aliphatic rings. The number of hydrogen-bond acceptors (Lipinski definition) is 4. The molecule has 0 saturated carbocycles. The van der Waals surface area contributed by atoms with Crippen molar-refractivity contribution in [2.24, 2.45) is 5.92 Å². The van der Waals surface area contributed by atoms with Crippen molar-refractivity contribution < 1.29 is 9.84 Å². The van der Waals surface area contributed by atoms with E-state index in [9.17, 15) is 9.90 Å². The highest BCUT2D eigenvalue weighted by atomic mass is 16.5. The summed E-state index contributed by atoms with van der Waals surface area (Å²) in [7, 11) is 0. The number of nitrogens with one attached hydrogen (secondary N) is 1. The molecule has 1 saturated heterocycles. The number of aliphatic hydroxyl groups excluding tert-OH is 1. The Labute approximate surface area is 135 Å². The molecule has 2 aromatic rings. The first-order valence-corrected chi connectivity index (χ1v) is 8.11. The van der Waals surface area contributed by atoms with Crippen LogP contribution in [0.15, 0.2) is 23.0 Å². The van der Waals surface area contributed by atoms with Gasteiger partial charge in [0, 0.05) is 49.3 Å². The number of H-pyrrole nitrogens is 1. The van der Waals surface area contributed by atoms with E-state index in [1.54, 1.807) is 6.07 Å². The Balaban J connectivity index is 1.90. The smallest absolute Gasteiger partial charge is 0.189 e. The molecule has 0 unspecified atom stereocenters. The molecule has 1 atom stereocenters. The number of ether oxygens (including phenoxy) is 1. The van der Waals surface area contributed by atoms with Crippen molar-refractivity contribution in [2.75, 3.05) is 32.9 Å². The third-order valence-electron chi connectivity index (χ3n) is 4.41. The van der Waals surface area contributed by atoms with Gasteiger partial charge >= 0.3 is 0 Å². The Bertz CT molecular complexity index is 754. The maximum atomic E-state index is 12.4. The molecule has 2 heterocycles. The molecule has 0 aliphatic carbocycles. The molecular formula is C18H24N2O3. The first-order valence-electron chi connectivity index (χ1n) is 8.11. The number of nitrogens with zero attached hydrogens (tertiary/aromatic N) is 1. The lowest BCUT2D eigenvalue weighted by atomic mass is 10.1. The van der Waals surface area contributed by atoms with Crippen molar-refractivity contribution >= 4 is 10.9 Å². The standard InChI is InChI=1S/C18H24N2O3/c1-12-5-13(2)18-16(6-12)17(22)7-15(19-18)9-20-3-4-23-11-14(8-20)10-21/h5-7,14,21H,3-4,8-11H2,1-2H3,(H,19,22)/t14-/m1/s1. The molecule has 0 bridgehead atoms. The largest absolute Gasteiger partial charge is 0.396 e. The highest BCUT2D eigenvalue weighted by Gasteiger charge is 2.18. The van der Waals surface area contributed by atoms with Gasteiger partial charge in [0.1, 0.15) is 0 Å². The van der Waals surface area contributed by atoms with E-state index in [1.165, 1.54) is 0 Å². The zero-order valence-corrected chi connectivity index (χ0v) is 13.8. The van der Waals surface area contributed by atoms with Gasteiger partial charge in [-0.05, 0) is 31.0 Å². The fourth-order valence-electron chi connectivity index (χ4n) is 3.29. The Hall–Kier alpha value is -1.69. The minimum Gasteiger partial charge on any atom is -0.396 e. The van der Waals surface area contributed by atoms with Crippen molar-refractivity contribution in [3.8, 4) is 0 Å². The van der Waals surface area contributed by atoms with Gasteiger partial charge in [0.25, 0.3) is 0 Å². The summed E-state index contributed by atoms with van der Waals surface area (Å²) in [5.41, 5.74) is 4.08. The molecule has 124 valence electrons. The van der Waals surface area contributed by atoms with Gasteiger partial charge in [-0.15, -0.1) is 0 Å². The summed E-state index contributed by atoms with van der Waals surface area (Å²) in [4.78, 5) is 18.1. The zero-order valence-electron chi connectivity index (χ0n) is 13.8. The molecule has 1 aromatic heterocycles. The van der Waals surface area contributed by atoms with Gasteiger partial charge in [-0.1, -0.05) is 6.07 Å². The van der Waals surface area contributed by atoms with Crippen LogP contribution in [-0.4, -0.2) is 47.9 Å². The molecule has 1 aromatic carbocycles. The highest BCUT2D eigenvalue weighted by molar-refractivity contribution is 5.82. The van der Waals surface area contributed by atoms with Gasteiger partial charge < -0.3 is 14.8 Å². The number of benzene rings is 1. The summed E-state index contributed by atoms with van der Waals surface area (Å²) >= 11 is 0. The van der Waals surface area contributed by atoms with Crippen LogP contribution >= 0.6 is 0 Å². The third-order valence-corrected chi connectivity index (χ3v) is 4.41. The predicted octanol–water partition coefficient (Wildman–Crippen LogP) is 1.59. The maximum absolute atomic E-state index is 12.4. The average Bonchev–Trinajstić information content (AvgIpc) is 2.73. The minimum absolute atomic E-state index is 0.0605. The molecule has 5 nitrogen and oxygen atoms in total. The van der Waals surface area contributed by atoms with Gasteiger partial charge in [-0.3, -0.25) is 9.69 Å².